The van der Waals surface area contributed by atoms with Crippen LogP contribution in [0, 0.1) is 17.8 Å². The molecule has 3 rings (SSSR count). The van der Waals surface area contributed by atoms with Crippen LogP contribution in [0.25, 0.3) is 0 Å². The maximum Gasteiger partial charge on any atom is 0.108 e. The predicted octanol–water partition coefficient (Wildman–Crippen LogP) is 0.888. The first kappa shape index (κ1) is 12.2. The Hall–Kier alpha value is -0.870. The summed E-state index contributed by atoms with van der Waals surface area (Å²) in [5.41, 5.74) is 1.53. The second-order valence-electron chi connectivity index (χ2n) is 5.97. The zero-order chi connectivity index (χ0) is 12.5. The summed E-state index contributed by atoms with van der Waals surface area (Å²) in [7, 11) is 0. The van der Waals surface area contributed by atoms with Crippen LogP contribution >= 0.6 is 0 Å². The van der Waals surface area contributed by atoms with E-state index in [-0.39, 0.29) is 12.6 Å². The average molecular weight is 249 g/mol. The van der Waals surface area contributed by atoms with Gasteiger partial charge in [-0.25, -0.2) is 0 Å². The maximum absolute atomic E-state index is 9.20. The quantitative estimate of drug-likeness (QED) is 0.681. The number of amidine groups is 1. The highest BCUT2D eigenvalue weighted by Gasteiger charge is 2.35. The molecule has 3 heterocycles. The molecule has 0 saturated carbocycles. The third kappa shape index (κ3) is 2.19. The first-order valence-corrected chi connectivity index (χ1v) is 7.13. The van der Waals surface area contributed by atoms with Crippen LogP contribution in [0.1, 0.15) is 26.2 Å². The molecular formula is C14H23N3O. The van der Waals surface area contributed by atoms with Crippen molar-refractivity contribution < 1.29 is 5.11 Å². The standard InChI is InChI=1S/C14H23N3O/c1-9-4-10(6-15-5-9)13-7-16-14-12(13)3-2-11(8-18)17-14/h7,9-12,15,18H,2-6,8H2,1H3,(H,16,17)/t9-,10-,11?,12?/m1/s1. The molecule has 0 aromatic rings. The molecule has 3 N–H and O–H groups in total. The Morgan fingerprint density at radius 1 is 1.39 bits per heavy atom. The molecule has 1 saturated heterocycles. The summed E-state index contributed by atoms with van der Waals surface area (Å²) in [6.07, 6.45) is 5.61. The smallest absolute Gasteiger partial charge is 0.108 e. The summed E-state index contributed by atoms with van der Waals surface area (Å²) < 4.78 is 0. The molecule has 100 valence electrons. The minimum atomic E-state index is 0.111. The van der Waals surface area contributed by atoms with E-state index in [4.69, 9.17) is 0 Å². The van der Waals surface area contributed by atoms with Crippen molar-refractivity contribution in [2.45, 2.75) is 32.2 Å². The van der Waals surface area contributed by atoms with Crippen molar-refractivity contribution >= 4 is 5.84 Å². The number of piperidine rings is 1. The van der Waals surface area contributed by atoms with Gasteiger partial charge < -0.3 is 15.7 Å². The van der Waals surface area contributed by atoms with Crippen molar-refractivity contribution in [2.24, 2.45) is 22.7 Å². The number of hydrogen-bond acceptors (Lipinski definition) is 4. The number of nitrogens with one attached hydrogen (secondary N) is 2. The molecule has 18 heavy (non-hydrogen) atoms. The predicted molar refractivity (Wildman–Crippen MR) is 72.4 cm³/mol. The van der Waals surface area contributed by atoms with Gasteiger partial charge in [0, 0.05) is 18.7 Å². The molecule has 0 aromatic heterocycles. The average Bonchev–Trinajstić information content (AvgIpc) is 2.81. The highest BCUT2D eigenvalue weighted by molar-refractivity contribution is 5.91. The van der Waals surface area contributed by atoms with E-state index >= 15 is 0 Å². The summed E-state index contributed by atoms with van der Waals surface area (Å²) in [6, 6.07) is 0.111. The van der Waals surface area contributed by atoms with Crippen molar-refractivity contribution in [2.75, 3.05) is 19.7 Å². The zero-order valence-electron chi connectivity index (χ0n) is 11.0. The number of aliphatic imine (C=N–C) groups is 1. The minimum Gasteiger partial charge on any atom is -0.394 e. The Bertz CT molecular complexity index is 377. The second kappa shape index (κ2) is 5.02. The van der Waals surface area contributed by atoms with Crippen molar-refractivity contribution in [1.29, 1.82) is 0 Å². The van der Waals surface area contributed by atoms with E-state index in [1.54, 1.807) is 0 Å². The largest absolute Gasteiger partial charge is 0.394 e. The summed E-state index contributed by atoms with van der Waals surface area (Å²) in [5, 5.41) is 16.1. The van der Waals surface area contributed by atoms with Crippen LogP contribution in [0.2, 0.25) is 0 Å². The molecule has 1 fully saturated rings. The van der Waals surface area contributed by atoms with Crippen molar-refractivity contribution in [3.8, 4) is 0 Å². The van der Waals surface area contributed by atoms with E-state index < -0.39 is 0 Å². The van der Waals surface area contributed by atoms with Gasteiger partial charge in [0.25, 0.3) is 0 Å². The third-order valence-corrected chi connectivity index (χ3v) is 4.48. The Balaban J connectivity index is 1.72. The monoisotopic (exact) mass is 249 g/mol. The highest BCUT2D eigenvalue weighted by Crippen LogP contribution is 2.36. The van der Waals surface area contributed by atoms with Crippen molar-refractivity contribution in [1.82, 2.24) is 10.6 Å². The van der Waals surface area contributed by atoms with Gasteiger partial charge in [0.2, 0.25) is 0 Å². The fraction of sp³-hybridized carbons (Fsp3) is 0.786. The van der Waals surface area contributed by atoms with Crippen LogP contribution in [0.15, 0.2) is 16.8 Å². The van der Waals surface area contributed by atoms with Crippen LogP contribution in [-0.4, -0.2) is 36.7 Å². The molecule has 0 aromatic carbocycles. The summed E-state index contributed by atoms with van der Waals surface area (Å²) in [5.74, 6) is 3.00. The van der Waals surface area contributed by atoms with Gasteiger partial charge >= 0.3 is 0 Å². The number of rotatable bonds is 2. The van der Waals surface area contributed by atoms with Crippen molar-refractivity contribution in [3.63, 3.8) is 0 Å². The molecule has 0 amide bonds. The topological polar surface area (TPSA) is 56.7 Å². The van der Waals surface area contributed by atoms with Gasteiger partial charge in [-0.2, -0.15) is 0 Å². The molecule has 4 heteroatoms. The van der Waals surface area contributed by atoms with E-state index in [1.807, 2.05) is 0 Å². The molecule has 4 atom stereocenters. The lowest BCUT2D eigenvalue weighted by molar-refractivity contribution is 0.251. The zero-order valence-corrected chi connectivity index (χ0v) is 11.0. The molecule has 0 radical (unpaired) electrons. The number of aliphatic hydroxyl groups is 1. The molecule has 0 spiro atoms. The van der Waals surface area contributed by atoms with E-state index in [1.165, 1.54) is 12.0 Å². The lowest BCUT2D eigenvalue weighted by Crippen LogP contribution is -2.38. The lowest BCUT2D eigenvalue weighted by atomic mass is 9.79. The van der Waals surface area contributed by atoms with Gasteiger partial charge in [0.1, 0.15) is 5.84 Å². The van der Waals surface area contributed by atoms with Crippen LogP contribution in [-0.2, 0) is 0 Å². The van der Waals surface area contributed by atoms with Crippen LogP contribution < -0.4 is 10.6 Å². The number of aliphatic hydroxyl groups excluding tert-OH is 1. The van der Waals surface area contributed by atoms with Gasteiger partial charge in [0.05, 0.1) is 12.6 Å². The summed E-state index contributed by atoms with van der Waals surface area (Å²) in [4.78, 5) is 4.61. The maximum atomic E-state index is 9.20. The van der Waals surface area contributed by atoms with E-state index in [2.05, 4.69) is 28.7 Å². The SMILES string of the molecule is C[C@H]1CNC[C@H](C2=CNC3=NC(CO)CCC23)C1. The van der Waals surface area contributed by atoms with Gasteiger partial charge in [-0.1, -0.05) is 6.92 Å². The normalized spacial score (nSPS) is 39.7. The molecule has 2 unspecified atom stereocenters. The lowest BCUT2D eigenvalue weighted by Gasteiger charge is -2.32. The van der Waals surface area contributed by atoms with Gasteiger partial charge in [-0.3, -0.25) is 4.99 Å². The first-order chi connectivity index (χ1) is 8.78. The second-order valence-corrected chi connectivity index (χ2v) is 5.97. The van der Waals surface area contributed by atoms with E-state index in [0.29, 0.717) is 11.8 Å². The summed E-state index contributed by atoms with van der Waals surface area (Å²) >= 11 is 0. The Labute approximate surface area is 109 Å². The number of hydrogen-bond donors (Lipinski definition) is 3. The van der Waals surface area contributed by atoms with Crippen LogP contribution in [0.5, 0.6) is 0 Å². The molecule has 4 nitrogen and oxygen atoms in total. The Morgan fingerprint density at radius 3 is 3.06 bits per heavy atom. The first-order valence-electron chi connectivity index (χ1n) is 7.13. The molecule has 0 aliphatic carbocycles. The Morgan fingerprint density at radius 2 is 2.28 bits per heavy atom. The molecule has 3 aliphatic heterocycles. The van der Waals surface area contributed by atoms with Crippen molar-refractivity contribution in [3.05, 3.63) is 11.8 Å². The van der Waals surface area contributed by atoms with Gasteiger partial charge in [-0.05, 0) is 43.2 Å². The van der Waals surface area contributed by atoms with E-state index in [9.17, 15) is 5.11 Å². The summed E-state index contributed by atoms with van der Waals surface area (Å²) in [6.45, 7) is 4.75. The fourth-order valence-electron chi connectivity index (χ4n) is 3.51. The number of nitrogens with zero attached hydrogens (tertiary/aromatic N) is 1. The molecule has 3 aliphatic rings. The Kier molecular flexibility index (Phi) is 3.39. The highest BCUT2D eigenvalue weighted by atomic mass is 16.3. The molecule has 0 bridgehead atoms. The minimum absolute atomic E-state index is 0.111. The fourth-order valence-corrected chi connectivity index (χ4v) is 3.51. The molecular weight excluding hydrogens is 226 g/mol. The van der Waals surface area contributed by atoms with E-state index in [0.717, 1.165) is 37.7 Å². The van der Waals surface area contributed by atoms with Gasteiger partial charge in [-0.15, -0.1) is 0 Å². The third-order valence-electron chi connectivity index (χ3n) is 4.48. The van der Waals surface area contributed by atoms with Gasteiger partial charge in [0.15, 0.2) is 0 Å². The van der Waals surface area contributed by atoms with Crippen LogP contribution in [0.3, 0.4) is 0 Å². The number of fused-ring (bicyclic) bond motifs is 1. The van der Waals surface area contributed by atoms with Crippen LogP contribution in [0.4, 0.5) is 0 Å².